The molecule has 5 heteroatoms. The lowest BCUT2D eigenvalue weighted by Gasteiger charge is -2.09. The third kappa shape index (κ3) is 2.89. The fraction of sp³-hybridized carbons (Fsp3) is 0.118. The van der Waals surface area contributed by atoms with Crippen LogP contribution in [0.25, 0.3) is 11.3 Å². The lowest BCUT2D eigenvalue weighted by molar-refractivity contribution is 0.103. The number of carbonyl (C=O) groups excluding carboxylic acids is 1. The van der Waals surface area contributed by atoms with E-state index in [-0.39, 0.29) is 5.91 Å². The van der Waals surface area contributed by atoms with Gasteiger partial charge in [-0.15, -0.1) is 11.3 Å². The largest absolute Gasteiger partial charge is 0.497 e. The molecule has 0 radical (unpaired) electrons. The number of ether oxygens (including phenoxy) is 1. The summed E-state index contributed by atoms with van der Waals surface area (Å²) in [5.74, 6) is 1.40. The highest BCUT2D eigenvalue weighted by atomic mass is 32.1. The van der Waals surface area contributed by atoms with E-state index in [1.165, 1.54) is 11.3 Å². The van der Waals surface area contributed by atoms with E-state index < -0.39 is 0 Å². The molecule has 1 N–H and O–H groups in total. The van der Waals surface area contributed by atoms with Crippen LogP contribution in [0, 0.1) is 6.92 Å². The highest BCUT2D eigenvalue weighted by molar-refractivity contribution is 7.12. The van der Waals surface area contributed by atoms with Crippen LogP contribution < -0.4 is 10.1 Å². The topological polar surface area (TPSA) is 51.5 Å². The Kier molecular flexibility index (Phi) is 3.98. The second-order valence-corrected chi connectivity index (χ2v) is 5.72. The first-order valence-electron chi connectivity index (χ1n) is 6.76. The summed E-state index contributed by atoms with van der Waals surface area (Å²) in [6.45, 7) is 1.93. The first kappa shape index (κ1) is 14.4. The van der Waals surface area contributed by atoms with Crippen molar-refractivity contribution in [2.24, 2.45) is 0 Å². The number of thiophene rings is 1. The van der Waals surface area contributed by atoms with Gasteiger partial charge in [0, 0.05) is 16.6 Å². The van der Waals surface area contributed by atoms with E-state index in [9.17, 15) is 4.79 Å². The molecule has 0 aliphatic carbocycles. The van der Waals surface area contributed by atoms with E-state index in [1.807, 2.05) is 48.7 Å². The van der Waals surface area contributed by atoms with E-state index in [0.29, 0.717) is 4.88 Å². The van der Waals surface area contributed by atoms with Gasteiger partial charge in [0.25, 0.3) is 5.91 Å². The van der Waals surface area contributed by atoms with Gasteiger partial charge < -0.3 is 14.5 Å². The number of rotatable bonds is 4. The summed E-state index contributed by atoms with van der Waals surface area (Å²) in [4.78, 5) is 13.0. The fourth-order valence-corrected chi connectivity index (χ4v) is 2.91. The molecule has 0 unspecified atom stereocenters. The standard InChI is InChI=1S/C17H15NO3S/c1-11-8-13(20-2)5-6-14(11)18-17(19)16-9-12(10-22-16)15-4-3-7-21-15/h3-10H,1-2H3,(H,18,19). The molecule has 2 heterocycles. The van der Waals surface area contributed by atoms with Crippen molar-refractivity contribution >= 4 is 22.9 Å². The number of carbonyl (C=O) groups is 1. The predicted octanol–water partition coefficient (Wildman–Crippen LogP) is 4.58. The molecule has 0 saturated carbocycles. The van der Waals surface area contributed by atoms with Crippen molar-refractivity contribution < 1.29 is 13.9 Å². The zero-order chi connectivity index (χ0) is 15.5. The summed E-state index contributed by atoms with van der Waals surface area (Å²) >= 11 is 1.39. The summed E-state index contributed by atoms with van der Waals surface area (Å²) < 4.78 is 10.5. The van der Waals surface area contributed by atoms with Crippen molar-refractivity contribution in [3.05, 3.63) is 58.5 Å². The Morgan fingerprint density at radius 1 is 1.27 bits per heavy atom. The maximum absolute atomic E-state index is 12.3. The van der Waals surface area contributed by atoms with Crippen molar-refractivity contribution in [3.8, 4) is 17.1 Å². The number of methoxy groups -OCH3 is 1. The molecule has 0 atom stereocenters. The average molecular weight is 313 g/mol. The highest BCUT2D eigenvalue weighted by Crippen LogP contribution is 2.27. The van der Waals surface area contributed by atoms with Crippen molar-refractivity contribution in [2.45, 2.75) is 6.92 Å². The molecule has 3 rings (SSSR count). The molecular weight excluding hydrogens is 298 g/mol. The molecule has 22 heavy (non-hydrogen) atoms. The van der Waals surface area contributed by atoms with Gasteiger partial charge in [-0.05, 0) is 48.9 Å². The van der Waals surface area contributed by atoms with Gasteiger partial charge in [-0.1, -0.05) is 0 Å². The molecule has 0 bridgehead atoms. The van der Waals surface area contributed by atoms with Crippen molar-refractivity contribution in [1.82, 2.24) is 0 Å². The number of hydrogen-bond donors (Lipinski definition) is 1. The predicted molar refractivity (Wildman–Crippen MR) is 87.7 cm³/mol. The molecule has 0 fully saturated rings. The second kappa shape index (κ2) is 6.07. The Morgan fingerprint density at radius 3 is 2.82 bits per heavy atom. The van der Waals surface area contributed by atoms with Gasteiger partial charge in [0.1, 0.15) is 11.5 Å². The molecule has 0 aliphatic heterocycles. The van der Waals surface area contributed by atoms with Crippen LogP contribution in [-0.4, -0.2) is 13.0 Å². The van der Waals surface area contributed by atoms with E-state index in [1.54, 1.807) is 13.4 Å². The van der Waals surface area contributed by atoms with Crippen LogP contribution in [0.5, 0.6) is 5.75 Å². The number of aryl methyl sites for hydroxylation is 1. The van der Waals surface area contributed by atoms with E-state index in [2.05, 4.69) is 5.32 Å². The van der Waals surface area contributed by atoms with Gasteiger partial charge in [0.2, 0.25) is 0 Å². The average Bonchev–Trinajstić information content (AvgIpc) is 3.19. The normalized spacial score (nSPS) is 10.5. The SMILES string of the molecule is COc1ccc(NC(=O)c2cc(-c3ccco3)cs2)c(C)c1. The van der Waals surface area contributed by atoms with Gasteiger partial charge in [-0.3, -0.25) is 4.79 Å². The van der Waals surface area contributed by atoms with Crippen LogP contribution in [0.2, 0.25) is 0 Å². The number of nitrogens with one attached hydrogen (secondary N) is 1. The Bertz CT molecular complexity index is 790. The minimum atomic E-state index is -0.129. The van der Waals surface area contributed by atoms with Crippen LogP contribution in [0.1, 0.15) is 15.2 Å². The molecule has 4 nitrogen and oxygen atoms in total. The molecule has 0 aliphatic rings. The molecule has 1 aromatic carbocycles. The van der Waals surface area contributed by atoms with Crippen molar-refractivity contribution in [3.63, 3.8) is 0 Å². The van der Waals surface area contributed by atoms with Crippen LogP contribution >= 0.6 is 11.3 Å². The maximum Gasteiger partial charge on any atom is 0.265 e. The lowest BCUT2D eigenvalue weighted by atomic mass is 10.2. The molecule has 2 aromatic heterocycles. The number of furan rings is 1. The zero-order valence-corrected chi connectivity index (χ0v) is 13.1. The molecule has 3 aromatic rings. The quantitative estimate of drug-likeness (QED) is 0.767. The summed E-state index contributed by atoms with van der Waals surface area (Å²) in [7, 11) is 1.62. The maximum atomic E-state index is 12.3. The monoisotopic (exact) mass is 313 g/mol. The van der Waals surface area contributed by atoms with Crippen LogP contribution in [0.3, 0.4) is 0 Å². The van der Waals surface area contributed by atoms with Gasteiger partial charge in [-0.25, -0.2) is 0 Å². The molecule has 0 saturated heterocycles. The zero-order valence-electron chi connectivity index (χ0n) is 12.3. The lowest BCUT2D eigenvalue weighted by Crippen LogP contribution is -2.11. The molecule has 1 amide bonds. The smallest absolute Gasteiger partial charge is 0.265 e. The summed E-state index contributed by atoms with van der Waals surface area (Å²) in [6, 6.07) is 11.1. The van der Waals surface area contributed by atoms with Gasteiger partial charge in [0.15, 0.2) is 0 Å². The first-order chi connectivity index (χ1) is 10.7. The summed E-state index contributed by atoms with van der Waals surface area (Å²) in [5.41, 5.74) is 2.64. The fourth-order valence-electron chi connectivity index (χ4n) is 2.11. The van der Waals surface area contributed by atoms with Crippen LogP contribution in [0.4, 0.5) is 5.69 Å². The first-order valence-corrected chi connectivity index (χ1v) is 7.64. The minimum absolute atomic E-state index is 0.129. The summed E-state index contributed by atoms with van der Waals surface area (Å²) in [6.07, 6.45) is 1.62. The second-order valence-electron chi connectivity index (χ2n) is 4.81. The molecule has 112 valence electrons. The van der Waals surface area contributed by atoms with Gasteiger partial charge >= 0.3 is 0 Å². The Morgan fingerprint density at radius 2 is 2.14 bits per heavy atom. The van der Waals surface area contributed by atoms with Crippen molar-refractivity contribution in [1.29, 1.82) is 0 Å². The molecular formula is C17H15NO3S. The van der Waals surface area contributed by atoms with E-state index in [4.69, 9.17) is 9.15 Å². The van der Waals surface area contributed by atoms with E-state index in [0.717, 1.165) is 28.3 Å². The van der Waals surface area contributed by atoms with Gasteiger partial charge in [0.05, 0.1) is 18.3 Å². The number of anilines is 1. The third-order valence-electron chi connectivity index (χ3n) is 3.31. The van der Waals surface area contributed by atoms with Crippen LogP contribution in [0.15, 0.2) is 52.5 Å². The minimum Gasteiger partial charge on any atom is -0.497 e. The number of amides is 1. The van der Waals surface area contributed by atoms with Crippen LogP contribution in [-0.2, 0) is 0 Å². The highest BCUT2D eigenvalue weighted by Gasteiger charge is 2.12. The third-order valence-corrected chi connectivity index (χ3v) is 4.24. The Labute approximate surface area is 132 Å². The number of hydrogen-bond acceptors (Lipinski definition) is 4. The number of benzene rings is 1. The Hall–Kier alpha value is -2.53. The van der Waals surface area contributed by atoms with Crippen molar-refractivity contribution in [2.75, 3.05) is 12.4 Å². The van der Waals surface area contributed by atoms with E-state index >= 15 is 0 Å². The van der Waals surface area contributed by atoms with Gasteiger partial charge in [-0.2, -0.15) is 0 Å². The Balaban J connectivity index is 1.77. The summed E-state index contributed by atoms with van der Waals surface area (Å²) in [5, 5.41) is 4.83. The molecule has 0 spiro atoms.